The van der Waals surface area contributed by atoms with Crippen molar-refractivity contribution in [3.63, 3.8) is 0 Å². The van der Waals surface area contributed by atoms with Crippen molar-refractivity contribution in [1.29, 1.82) is 0 Å². The fourth-order valence-electron chi connectivity index (χ4n) is 4.78. The first-order chi connectivity index (χ1) is 19.5. The molecule has 6 N–H and O–H groups in total. The van der Waals surface area contributed by atoms with Crippen molar-refractivity contribution in [3.05, 3.63) is 80.3 Å². The third kappa shape index (κ3) is 6.88. The number of anilines is 2. The van der Waals surface area contributed by atoms with Gasteiger partial charge >= 0.3 is 0 Å². The second kappa shape index (κ2) is 12.7. The number of rotatable bonds is 9. The lowest BCUT2D eigenvalue weighted by Crippen LogP contribution is -2.31. The second-order valence-corrected chi connectivity index (χ2v) is 11.0. The molecule has 2 aromatic heterocycles. The van der Waals surface area contributed by atoms with Gasteiger partial charge in [-0.25, -0.2) is 9.97 Å². The van der Waals surface area contributed by atoms with Crippen molar-refractivity contribution in [3.8, 4) is 0 Å². The van der Waals surface area contributed by atoms with Gasteiger partial charge in [0, 0.05) is 37.5 Å². The molecule has 13 heteroatoms. The minimum Gasteiger partial charge on any atom is -0.474 e. The summed E-state index contributed by atoms with van der Waals surface area (Å²) in [6.45, 7) is 6.82. The van der Waals surface area contributed by atoms with Crippen LogP contribution in [0.25, 0.3) is 10.9 Å². The highest BCUT2D eigenvalue weighted by Crippen LogP contribution is 2.30. The van der Waals surface area contributed by atoms with E-state index in [-0.39, 0.29) is 40.3 Å². The molecule has 0 radical (unpaired) electrons. The SMILES string of the molecule is CSNC(=O)c1nc(Cl)ccc1NC(C)c1cc(C)cc2c(=O)n(C)c(N3CCC(O/C(N)=C/C=C(/C)N)C3)nc12. The molecule has 41 heavy (non-hydrogen) atoms. The Morgan fingerprint density at radius 1 is 1.27 bits per heavy atom. The van der Waals surface area contributed by atoms with Gasteiger partial charge in [-0.05, 0) is 56.7 Å². The molecule has 0 saturated carbocycles. The number of amides is 1. The van der Waals surface area contributed by atoms with Gasteiger partial charge in [0.25, 0.3) is 11.5 Å². The van der Waals surface area contributed by atoms with Gasteiger partial charge in [0.2, 0.25) is 5.95 Å². The highest BCUT2D eigenvalue weighted by Gasteiger charge is 2.28. The summed E-state index contributed by atoms with van der Waals surface area (Å²) >= 11 is 7.26. The largest absolute Gasteiger partial charge is 0.474 e. The fraction of sp³-hybridized carbons (Fsp3) is 0.357. The zero-order chi connectivity index (χ0) is 29.8. The Kier molecular flexibility index (Phi) is 9.34. The zero-order valence-electron chi connectivity index (χ0n) is 23.7. The van der Waals surface area contributed by atoms with E-state index in [0.29, 0.717) is 41.3 Å². The van der Waals surface area contributed by atoms with Gasteiger partial charge in [-0.2, -0.15) is 0 Å². The molecule has 1 saturated heterocycles. The average molecular weight is 599 g/mol. The number of nitrogens with two attached hydrogens (primary N) is 2. The third-order valence-electron chi connectivity index (χ3n) is 6.68. The number of carbonyl (C=O) groups excluding carboxylic acids is 1. The van der Waals surface area contributed by atoms with Crippen LogP contribution in [0.15, 0.2) is 52.8 Å². The van der Waals surface area contributed by atoms with E-state index in [2.05, 4.69) is 15.0 Å². The van der Waals surface area contributed by atoms with Crippen LogP contribution in [0.3, 0.4) is 0 Å². The first kappa shape index (κ1) is 30.1. The van der Waals surface area contributed by atoms with Crippen LogP contribution in [0.1, 0.15) is 47.9 Å². The lowest BCUT2D eigenvalue weighted by Gasteiger charge is -2.23. The van der Waals surface area contributed by atoms with Crippen LogP contribution in [0.5, 0.6) is 0 Å². The molecule has 3 aromatic rings. The number of pyridine rings is 1. The molecule has 1 amide bonds. The van der Waals surface area contributed by atoms with Gasteiger partial charge in [-0.15, -0.1) is 0 Å². The molecule has 2 atom stereocenters. The Morgan fingerprint density at radius 3 is 2.73 bits per heavy atom. The Morgan fingerprint density at radius 2 is 2.02 bits per heavy atom. The summed E-state index contributed by atoms with van der Waals surface area (Å²) in [5.41, 5.74) is 15.2. The summed E-state index contributed by atoms with van der Waals surface area (Å²) in [6.07, 6.45) is 5.63. The summed E-state index contributed by atoms with van der Waals surface area (Å²) < 4.78 is 10.1. The molecular weight excluding hydrogens is 564 g/mol. The van der Waals surface area contributed by atoms with E-state index in [1.165, 1.54) is 11.9 Å². The number of carbonyl (C=O) groups is 1. The molecule has 1 aromatic carbocycles. The molecule has 2 unspecified atom stereocenters. The van der Waals surface area contributed by atoms with Crippen molar-refractivity contribution < 1.29 is 9.53 Å². The maximum absolute atomic E-state index is 13.6. The Bertz CT molecular complexity index is 1580. The number of ether oxygens (including phenoxy) is 1. The summed E-state index contributed by atoms with van der Waals surface area (Å²) in [5.74, 6) is 0.454. The maximum Gasteiger partial charge on any atom is 0.281 e. The molecule has 11 nitrogen and oxygen atoms in total. The summed E-state index contributed by atoms with van der Waals surface area (Å²) in [6, 6.07) is 6.85. The first-order valence-electron chi connectivity index (χ1n) is 13.1. The normalized spacial score (nSPS) is 16.6. The van der Waals surface area contributed by atoms with Crippen LogP contribution in [0, 0.1) is 6.92 Å². The van der Waals surface area contributed by atoms with Crippen molar-refractivity contribution >= 4 is 52.0 Å². The highest BCUT2D eigenvalue weighted by atomic mass is 35.5. The number of hydrogen-bond donors (Lipinski definition) is 4. The number of nitrogens with zero attached hydrogens (tertiary/aromatic N) is 4. The van der Waals surface area contributed by atoms with Crippen LogP contribution in [0.2, 0.25) is 5.15 Å². The number of hydrogen-bond acceptors (Lipinski definition) is 10. The standard InChI is InChI=1S/C28H35ClN8O3S/c1-15-12-19(17(3)32-21-7-8-22(29)33-25(21)26(38)35-41-5)24-20(13-15)27(39)36(4)28(34-24)37-11-10-18(14-37)40-23(31)9-6-16(2)30/h6-9,12-13,17-18,32H,10-11,14,30-31H2,1-5H3,(H,35,38)/b16-6-,23-9+. The summed E-state index contributed by atoms with van der Waals surface area (Å²) in [7, 11) is 1.72. The predicted molar refractivity (Wildman–Crippen MR) is 166 cm³/mol. The number of aromatic nitrogens is 3. The van der Waals surface area contributed by atoms with Gasteiger partial charge in [-0.3, -0.25) is 18.9 Å². The Labute approximate surface area is 248 Å². The number of fused-ring (bicyclic) bond motifs is 1. The van der Waals surface area contributed by atoms with Crippen molar-refractivity contribution in [2.24, 2.45) is 18.5 Å². The van der Waals surface area contributed by atoms with Crippen LogP contribution in [-0.4, -0.2) is 45.9 Å². The molecule has 0 spiro atoms. The van der Waals surface area contributed by atoms with Crippen LogP contribution in [-0.2, 0) is 11.8 Å². The van der Waals surface area contributed by atoms with Crippen LogP contribution in [0.4, 0.5) is 11.6 Å². The van der Waals surface area contributed by atoms with E-state index in [1.807, 2.05) is 30.9 Å². The molecule has 1 aliphatic heterocycles. The monoisotopic (exact) mass is 598 g/mol. The number of nitrogens with one attached hydrogen (secondary N) is 2. The van der Waals surface area contributed by atoms with Gasteiger partial charge in [0.15, 0.2) is 11.6 Å². The zero-order valence-corrected chi connectivity index (χ0v) is 25.3. The number of benzene rings is 1. The lowest BCUT2D eigenvalue weighted by atomic mass is 10.0. The quantitative estimate of drug-likeness (QED) is 0.124. The molecule has 3 heterocycles. The molecule has 0 aliphatic carbocycles. The van der Waals surface area contributed by atoms with Gasteiger partial charge < -0.3 is 26.4 Å². The van der Waals surface area contributed by atoms with E-state index in [4.69, 9.17) is 32.8 Å². The minimum absolute atomic E-state index is 0.150. The maximum atomic E-state index is 13.6. The fourth-order valence-corrected chi connectivity index (χ4v) is 5.21. The topological polar surface area (TPSA) is 153 Å². The van der Waals surface area contributed by atoms with Crippen molar-refractivity contribution in [2.75, 3.05) is 29.6 Å². The minimum atomic E-state index is -0.367. The molecule has 218 valence electrons. The van der Waals surface area contributed by atoms with E-state index in [9.17, 15) is 9.59 Å². The van der Waals surface area contributed by atoms with E-state index < -0.39 is 0 Å². The molecule has 1 fully saturated rings. The predicted octanol–water partition coefficient (Wildman–Crippen LogP) is 3.73. The summed E-state index contributed by atoms with van der Waals surface area (Å²) in [5, 5.41) is 4.10. The Balaban J connectivity index is 1.68. The Hall–Kier alpha value is -3.90. The van der Waals surface area contributed by atoms with Crippen LogP contribution >= 0.6 is 23.5 Å². The first-order valence-corrected chi connectivity index (χ1v) is 14.7. The average Bonchev–Trinajstić information content (AvgIpc) is 3.38. The van der Waals surface area contributed by atoms with E-state index in [0.717, 1.165) is 17.5 Å². The molecule has 1 aliphatic rings. The lowest BCUT2D eigenvalue weighted by molar-refractivity contribution is 0.0980. The van der Waals surface area contributed by atoms with E-state index >= 15 is 0 Å². The van der Waals surface area contributed by atoms with Crippen molar-refractivity contribution in [2.45, 2.75) is 39.3 Å². The smallest absolute Gasteiger partial charge is 0.281 e. The van der Waals surface area contributed by atoms with Crippen LogP contribution < -0.4 is 32.0 Å². The molecule has 4 rings (SSSR count). The highest BCUT2D eigenvalue weighted by molar-refractivity contribution is 7.97. The van der Waals surface area contributed by atoms with Gasteiger partial charge in [0.05, 0.1) is 29.2 Å². The number of allylic oxidation sites excluding steroid dienone is 3. The molecule has 0 bridgehead atoms. The van der Waals surface area contributed by atoms with Gasteiger partial charge in [-0.1, -0.05) is 29.6 Å². The molecular formula is C28H35ClN8O3S. The second-order valence-electron chi connectivity index (χ2n) is 10.0. The van der Waals surface area contributed by atoms with E-state index in [1.54, 1.807) is 49.1 Å². The third-order valence-corrected chi connectivity index (χ3v) is 7.28. The van der Waals surface area contributed by atoms with Crippen molar-refractivity contribution in [1.82, 2.24) is 19.3 Å². The summed E-state index contributed by atoms with van der Waals surface area (Å²) in [4.78, 5) is 37.5. The van der Waals surface area contributed by atoms with Gasteiger partial charge in [0.1, 0.15) is 11.3 Å². The number of halogens is 1. The number of aryl methyl sites for hydroxylation is 1.